The van der Waals surface area contributed by atoms with Gasteiger partial charge in [-0.3, -0.25) is 19.3 Å². The van der Waals surface area contributed by atoms with Gasteiger partial charge in [0.2, 0.25) is 5.91 Å². The molecule has 1 amide bonds. The summed E-state index contributed by atoms with van der Waals surface area (Å²) in [5.74, 6) is 0.292. The molecule has 0 saturated carbocycles. The van der Waals surface area contributed by atoms with Crippen molar-refractivity contribution in [3.8, 4) is 0 Å². The van der Waals surface area contributed by atoms with E-state index >= 15 is 0 Å². The highest BCUT2D eigenvalue weighted by atomic mass is 16.2. The van der Waals surface area contributed by atoms with Crippen molar-refractivity contribution in [1.82, 2.24) is 19.7 Å². The average molecular weight is 457 g/mol. The lowest BCUT2D eigenvalue weighted by atomic mass is 9.75. The van der Waals surface area contributed by atoms with Crippen molar-refractivity contribution in [2.75, 3.05) is 6.54 Å². The second-order valence-corrected chi connectivity index (χ2v) is 10.4. The number of rotatable bonds is 6. The molecule has 176 valence electrons. The summed E-state index contributed by atoms with van der Waals surface area (Å²) in [6, 6.07) is 15.8. The van der Waals surface area contributed by atoms with E-state index in [1.165, 1.54) is 5.56 Å². The van der Waals surface area contributed by atoms with E-state index in [0.29, 0.717) is 19.4 Å². The molecule has 3 aromatic rings. The van der Waals surface area contributed by atoms with E-state index in [0.717, 1.165) is 54.9 Å². The van der Waals surface area contributed by atoms with Gasteiger partial charge in [-0.1, -0.05) is 50.2 Å². The first-order valence-corrected chi connectivity index (χ1v) is 12.3. The number of carbonyl (C=O) groups excluding carboxylic acids is 2. The minimum absolute atomic E-state index is 0.107. The van der Waals surface area contributed by atoms with Crippen LogP contribution in [-0.2, 0) is 24.2 Å². The zero-order valence-corrected chi connectivity index (χ0v) is 20.0. The molecule has 0 bridgehead atoms. The topological polar surface area (TPSA) is 68.1 Å². The lowest BCUT2D eigenvalue weighted by Gasteiger charge is -2.30. The molecule has 0 spiro atoms. The van der Waals surface area contributed by atoms with Crippen LogP contribution in [0.2, 0.25) is 0 Å². The number of likely N-dealkylation sites (tertiary alicyclic amines) is 1. The molecule has 6 heteroatoms. The van der Waals surface area contributed by atoms with Crippen LogP contribution in [0.15, 0.2) is 54.7 Å². The number of hydrogen-bond donors (Lipinski definition) is 0. The first-order chi connectivity index (χ1) is 16.4. The highest BCUT2D eigenvalue weighted by Crippen LogP contribution is 2.41. The van der Waals surface area contributed by atoms with Crippen molar-refractivity contribution in [1.29, 1.82) is 0 Å². The predicted molar refractivity (Wildman–Crippen MR) is 130 cm³/mol. The number of ketones is 1. The number of amides is 1. The quantitative estimate of drug-likeness (QED) is 0.535. The van der Waals surface area contributed by atoms with Gasteiger partial charge >= 0.3 is 0 Å². The molecule has 6 nitrogen and oxygen atoms in total. The molecule has 1 atom stereocenters. The van der Waals surface area contributed by atoms with Crippen LogP contribution in [0.1, 0.15) is 78.6 Å². The van der Waals surface area contributed by atoms with Gasteiger partial charge in [-0.05, 0) is 48.8 Å². The predicted octanol–water partition coefficient (Wildman–Crippen LogP) is 4.78. The molecule has 1 aliphatic heterocycles. The zero-order valence-electron chi connectivity index (χ0n) is 20.0. The molecule has 0 unspecified atom stereocenters. The van der Waals surface area contributed by atoms with Crippen molar-refractivity contribution in [2.45, 2.75) is 65.0 Å². The molecule has 2 aromatic heterocycles. The summed E-state index contributed by atoms with van der Waals surface area (Å²) in [4.78, 5) is 33.0. The van der Waals surface area contributed by atoms with E-state index in [2.05, 4.69) is 31.0 Å². The second-order valence-electron chi connectivity index (χ2n) is 10.4. The van der Waals surface area contributed by atoms with Crippen LogP contribution in [0.25, 0.3) is 0 Å². The molecule has 1 aromatic carbocycles. The summed E-state index contributed by atoms with van der Waals surface area (Å²) in [6.07, 6.45) is 6.07. The number of pyridine rings is 1. The molecule has 2 aliphatic rings. The van der Waals surface area contributed by atoms with E-state index < -0.39 is 0 Å². The van der Waals surface area contributed by atoms with Gasteiger partial charge in [0.15, 0.2) is 5.78 Å². The maximum atomic E-state index is 13.4. The molecule has 5 rings (SSSR count). The Balaban J connectivity index is 1.45. The summed E-state index contributed by atoms with van der Waals surface area (Å²) < 4.78 is 1.97. The Kier molecular flexibility index (Phi) is 6.07. The summed E-state index contributed by atoms with van der Waals surface area (Å²) in [6.45, 7) is 5.53. The molecular weight excluding hydrogens is 424 g/mol. The Hall–Kier alpha value is -3.28. The molecule has 1 aliphatic carbocycles. The van der Waals surface area contributed by atoms with Crippen LogP contribution in [-0.4, -0.2) is 37.9 Å². The smallest absolute Gasteiger partial charge is 0.223 e. The van der Waals surface area contributed by atoms with Gasteiger partial charge in [0, 0.05) is 25.6 Å². The van der Waals surface area contributed by atoms with E-state index in [4.69, 9.17) is 5.10 Å². The summed E-state index contributed by atoms with van der Waals surface area (Å²) in [5.41, 5.74) is 4.51. The number of hydrogen-bond acceptors (Lipinski definition) is 4. The minimum Gasteiger partial charge on any atom is -0.334 e. The van der Waals surface area contributed by atoms with Gasteiger partial charge in [-0.2, -0.15) is 5.10 Å². The Bertz CT molecular complexity index is 1180. The van der Waals surface area contributed by atoms with Crippen LogP contribution < -0.4 is 0 Å². The standard InChI is InChI=1S/C28H32N4O2/c1-28(2)17-23-26(24(33)18-28)27(30-32(23)19-21-11-6-7-15-29-21)22-12-8-16-31(22)25(34)14-13-20-9-4-3-5-10-20/h3-7,9-11,15,22H,8,12-14,16-19H2,1-2H3/t22-/m1/s1. The normalized spacial score (nSPS) is 19.3. The summed E-state index contributed by atoms with van der Waals surface area (Å²) >= 11 is 0. The Morgan fingerprint density at radius 1 is 1.09 bits per heavy atom. The molecule has 0 N–H and O–H groups in total. The van der Waals surface area contributed by atoms with Gasteiger partial charge in [0.1, 0.15) is 0 Å². The molecule has 1 fully saturated rings. The lowest BCUT2D eigenvalue weighted by molar-refractivity contribution is -0.132. The van der Waals surface area contributed by atoms with E-state index in [1.54, 1.807) is 6.20 Å². The number of aromatic nitrogens is 3. The fourth-order valence-electron chi connectivity index (χ4n) is 5.44. The Labute approximate surface area is 201 Å². The zero-order chi connectivity index (χ0) is 23.7. The van der Waals surface area contributed by atoms with Crippen molar-refractivity contribution in [3.63, 3.8) is 0 Å². The van der Waals surface area contributed by atoms with Crippen LogP contribution >= 0.6 is 0 Å². The fourth-order valence-corrected chi connectivity index (χ4v) is 5.44. The molecule has 34 heavy (non-hydrogen) atoms. The number of Topliss-reactive ketones (excluding diaryl/α,β-unsaturated/α-hetero) is 1. The highest BCUT2D eigenvalue weighted by Gasteiger charge is 2.41. The number of carbonyl (C=O) groups is 2. The van der Waals surface area contributed by atoms with E-state index in [9.17, 15) is 9.59 Å². The lowest BCUT2D eigenvalue weighted by Crippen LogP contribution is -2.33. The SMILES string of the molecule is CC1(C)CC(=O)c2c([C@H]3CCCN3C(=O)CCc3ccccc3)nn(Cc3ccccn3)c2C1. The summed E-state index contributed by atoms with van der Waals surface area (Å²) in [5, 5.41) is 5.00. The fraction of sp³-hybridized carbons (Fsp3) is 0.429. The average Bonchev–Trinajstić information content (AvgIpc) is 3.43. The maximum Gasteiger partial charge on any atom is 0.223 e. The van der Waals surface area contributed by atoms with Crippen molar-refractivity contribution in [2.24, 2.45) is 5.41 Å². The minimum atomic E-state index is -0.132. The van der Waals surface area contributed by atoms with Gasteiger partial charge < -0.3 is 4.90 Å². The van der Waals surface area contributed by atoms with Crippen LogP contribution in [0.5, 0.6) is 0 Å². The Morgan fingerprint density at radius 2 is 1.88 bits per heavy atom. The monoisotopic (exact) mass is 456 g/mol. The largest absolute Gasteiger partial charge is 0.334 e. The molecule has 3 heterocycles. The molecular formula is C28H32N4O2. The number of benzene rings is 1. The van der Waals surface area contributed by atoms with Crippen LogP contribution in [0.3, 0.4) is 0 Å². The first-order valence-electron chi connectivity index (χ1n) is 12.3. The second kappa shape index (κ2) is 9.16. The maximum absolute atomic E-state index is 13.4. The third kappa shape index (κ3) is 4.54. The van der Waals surface area contributed by atoms with Crippen molar-refractivity contribution < 1.29 is 9.59 Å². The van der Waals surface area contributed by atoms with Crippen LogP contribution in [0, 0.1) is 5.41 Å². The number of aryl methyl sites for hydroxylation is 1. The van der Waals surface area contributed by atoms with Crippen LogP contribution in [0.4, 0.5) is 0 Å². The molecule has 1 saturated heterocycles. The number of fused-ring (bicyclic) bond motifs is 1. The van der Waals surface area contributed by atoms with Crippen molar-refractivity contribution in [3.05, 3.63) is 82.9 Å². The van der Waals surface area contributed by atoms with Gasteiger partial charge in [0.25, 0.3) is 0 Å². The first kappa shape index (κ1) is 22.5. The third-order valence-electron chi connectivity index (χ3n) is 7.05. The number of nitrogens with zero attached hydrogens (tertiary/aromatic N) is 4. The van der Waals surface area contributed by atoms with E-state index in [1.807, 2.05) is 46.0 Å². The Morgan fingerprint density at radius 3 is 2.65 bits per heavy atom. The van der Waals surface area contributed by atoms with Gasteiger partial charge in [0.05, 0.1) is 35.2 Å². The summed E-state index contributed by atoms with van der Waals surface area (Å²) in [7, 11) is 0. The van der Waals surface area contributed by atoms with Crippen molar-refractivity contribution >= 4 is 11.7 Å². The van der Waals surface area contributed by atoms with Gasteiger partial charge in [-0.15, -0.1) is 0 Å². The van der Waals surface area contributed by atoms with E-state index in [-0.39, 0.29) is 23.1 Å². The highest BCUT2D eigenvalue weighted by molar-refractivity contribution is 6.00. The molecule has 0 radical (unpaired) electrons. The van der Waals surface area contributed by atoms with Gasteiger partial charge in [-0.25, -0.2) is 0 Å². The third-order valence-corrected chi connectivity index (χ3v) is 7.05.